The lowest BCUT2D eigenvalue weighted by Crippen LogP contribution is -2.32. The van der Waals surface area contributed by atoms with E-state index in [4.69, 9.17) is 10.8 Å². The van der Waals surface area contributed by atoms with E-state index in [1.165, 1.54) is 25.0 Å². The summed E-state index contributed by atoms with van der Waals surface area (Å²) in [6.07, 6.45) is 5.68. The standard InChI is InChI=1S/C15H21FN2O2/c1-2-9-5-3-4-6-13(9)18-14-8-11(16)10(15(19)20)7-12(14)17/h7-9,13,18H,2-6,17H2,1H3,(H,19,20). The van der Waals surface area contributed by atoms with E-state index in [9.17, 15) is 9.18 Å². The molecule has 0 saturated heterocycles. The van der Waals surface area contributed by atoms with Crippen molar-refractivity contribution in [3.63, 3.8) is 0 Å². The molecule has 0 bridgehead atoms. The van der Waals surface area contributed by atoms with Crippen LogP contribution in [0.3, 0.4) is 0 Å². The summed E-state index contributed by atoms with van der Waals surface area (Å²) < 4.78 is 13.7. The molecule has 2 unspecified atom stereocenters. The van der Waals surface area contributed by atoms with Crippen LogP contribution in [-0.4, -0.2) is 17.1 Å². The van der Waals surface area contributed by atoms with E-state index in [1.807, 2.05) is 0 Å². The van der Waals surface area contributed by atoms with Gasteiger partial charge in [0.25, 0.3) is 0 Å². The Hall–Kier alpha value is -1.78. The Morgan fingerprint density at radius 1 is 1.45 bits per heavy atom. The molecule has 1 fully saturated rings. The van der Waals surface area contributed by atoms with Crippen LogP contribution in [0.2, 0.25) is 0 Å². The lowest BCUT2D eigenvalue weighted by molar-refractivity contribution is 0.0692. The van der Waals surface area contributed by atoms with Gasteiger partial charge >= 0.3 is 5.97 Å². The summed E-state index contributed by atoms with van der Waals surface area (Å²) in [5.41, 5.74) is 6.23. The Balaban J connectivity index is 2.20. The molecule has 1 aliphatic rings. The van der Waals surface area contributed by atoms with Gasteiger partial charge in [-0.2, -0.15) is 0 Å². The number of nitrogen functional groups attached to an aromatic ring is 1. The molecule has 20 heavy (non-hydrogen) atoms. The number of carbonyl (C=O) groups is 1. The molecule has 1 saturated carbocycles. The number of carboxylic acid groups (broad SMARTS) is 1. The number of benzene rings is 1. The molecular formula is C15H21FN2O2. The molecule has 0 aromatic heterocycles. The fourth-order valence-corrected chi connectivity index (χ4v) is 2.96. The van der Waals surface area contributed by atoms with E-state index in [2.05, 4.69) is 12.2 Å². The van der Waals surface area contributed by atoms with Crippen molar-refractivity contribution in [2.45, 2.75) is 45.1 Å². The highest BCUT2D eigenvalue weighted by atomic mass is 19.1. The first-order valence-electron chi connectivity index (χ1n) is 7.11. The zero-order chi connectivity index (χ0) is 14.7. The minimum atomic E-state index is -1.30. The second kappa shape index (κ2) is 6.11. The first-order valence-corrected chi connectivity index (χ1v) is 7.11. The molecule has 0 radical (unpaired) electrons. The number of anilines is 2. The van der Waals surface area contributed by atoms with Crippen molar-refractivity contribution in [2.75, 3.05) is 11.1 Å². The van der Waals surface area contributed by atoms with Gasteiger partial charge in [-0.15, -0.1) is 0 Å². The number of halogens is 1. The summed E-state index contributed by atoms with van der Waals surface area (Å²) in [6.45, 7) is 2.15. The van der Waals surface area contributed by atoms with Gasteiger partial charge in [0.15, 0.2) is 0 Å². The van der Waals surface area contributed by atoms with Crippen molar-refractivity contribution in [3.05, 3.63) is 23.5 Å². The van der Waals surface area contributed by atoms with Crippen LogP contribution in [0.4, 0.5) is 15.8 Å². The molecule has 2 atom stereocenters. The smallest absolute Gasteiger partial charge is 0.338 e. The number of nitrogens with two attached hydrogens (primary N) is 1. The van der Waals surface area contributed by atoms with Gasteiger partial charge in [0, 0.05) is 6.04 Å². The van der Waals surface area contributed by atoms with E-state index in [-0.39, 0.29) is 17.3 Å². The average Bonchev–Trinajstić information content (AvgIpc) is 2.42. The Bertz CT molecular complexity index is 505. The highest BCUT2D eigenvalue weighted by Gasteiger charge is 2.24. The minimum absolute atomic E-state index is 0.282. The molecule has 0 heterocycles. The normalized spacial score (nSPS) is 22.5. The van der Waals surface area contributed by atoms with Gasteiger partial charge in [-0.05, 0) is 30.9 Å². The monoisotopic (exact) mass is 280 g/mol. The second-order valence-electron chi connectivity index (χ2n) is 5.43. The van der Waals surface area contributed by atoms with Crippen molar-refractivity contribution in [1.29, 1.82) is 0 Å². The van der Waals surface area contributed by atoms with Crippen molar-refractivity contribution >= 4 is 17.3 Å². The third-order valence-corrected chi connectivity index (χ3v) is 4.14. The molecule has 0 spiro atoms. The van der Waals surface area contributed by atoms with E-state index in [0.717, 1.165) is 19.3 Å². The molecule has 4 nitrogen and oxygen atoms in total. The zero-order valence-corrected chi connectivity index (χ0v) is 11.7. The number of aromatic carboxylic acids is 1. The third kappa shape index (κ3) is 3.03. The van der Waals surface area contributed by atoms with Crippen LogP contribution in [0.5, 0.6) is 0 Å². The first-order chi connectivity index (χ1) is 9.52. The predicted molar refractivity (Wildman–Crippen MR) is 77.4 cm³/mol. The predicted octanol–water partition coefficient (Wildman–Crippen LogP) is 3.49. The topological polar surface area (TPSA) is 75.3 Å². The quantitative estimate of drug-likeness (QED) is 0.738. The van der Waals surface area contributed by atoms with Crippen LogP contribution in [0.15, 0.2) is 12.1 Å². The molecule has 0 aliphatic heterocycles. The maximum absolute atomic E-state index is 13.7. The van der Waals surface area contributed by atoms with Crippen molar-refractivity contribution in [1.82, 2.24) is 0 Å². The highest BCUT2D eigenvalue weighted by molar-refractivity contribution is 5.90. The van der Waals surface area contributed by atoms with E-state index >= 15 is 0 Å². The highest BCUT2D eigenvalue weighted by Crippen LogP contribution is 2.32. The van der Waals surface area contributed by atoms with Crippen LogP contribution in [0.1, 0.15) is 49.4 Å². The summed E-state index contributed by atoms with van der Waals surface area (Å²) in [6, 6.07) is 2.66. The minimum Gasteiger partial charge on any atom is -0.478 e. The molecule has 0 amide bonds. The van der Waals surface area contributed by atoms with Crippen LogP contribution in [-0.2, 0) is 0 Å². The van der Waals surface area contributed by atoms with Gasteiger partial charge in [0.1, 0.15) is 5.82 Å². The number of rotatable bonds is 4. The number of nitrogens with one attached hydrogen (secondary N) is 1. The second-order valence-corrected chi connectivity index (χ2v) is 5.43. The van der Waals surface area contributed by atoms with E-state index in [1.54, 1.807) is 0 Å². The third-order valence-electron chi connectivity index (χ3n) is 4.14. The summed E-state index contributed by atoms with van der Waals surface area (Å²) >= 11 is 0. The average molecular weight is 280 g/mol. The molecule has 4 N–H and O–H groups in total. The fraction of sp³-hybridized carbons (Fsp3) is 0.533. The first kappa shape index (κ1) is 14.6. The Kier molecular flexibility index (Phi) is 4.47. The van der Waals surface area contributed by atoms with Gasteiger partial charge in [0.05, 0.1) is 16.9 Å². The number of carboxylic acids is 1. The fourth-order valence-electron chi connectivity index (χ4n) is 2.96. The van der Waals surface area contributed by atoms with Crippen LogP contribution >= 0.6 is 0 Å². The van der Waals surface area contributed by atoms with Gasteiger partial charge < -0.3 is 16.2 Å². The Morgan fingerprint density at radius 3 is 2.80 bits per heavy atom. The zero-order valence-electron chi connectivity index (χ0n) is 11.7. The van der Waals surface area contributed by atoms with E-state index in [0.29, 0.717) is 11.6 Å². The Labute approximate surface area is 118 Å². The summed E-state index contributed by atoms with van der Waals surface area (Å²) in [4.78, 5) is 10.9. The van der Waals surface area contributed by atoms with Crippen LogP contribution in [0.25, 0.3) is 0 Å². The lowest BCUT2D eigenvalue weighted by Gasteiger charge is -2.32. The summed E-state index contributed by atoms with van der Waals surface area (Å²) in [5, 5.41) is 12.2. The number of hydrogen-bond donors (Lipinski definition) is 3. The molecule has 2 rings (SSSR count). The summed E-state index contributed by atoms with van der Waals surface area (Å²) in [5.74, 6) is -1.49. The molecule has 110 valence electrons. The molecule has 1 aliphatic carbocycles. The maximum atomic E-state index is 13.7. The maximum Gasteiger partial charge on any atom is 0.338 e. The molecular weight excluding hydrogens is 259 g/mol. The van der Waals surface area contributed by atoms with E-state index < -0.39 is 11.8 Å². The van der Waals surface area contributed by atoms with Crippen LogP contribution < -0.4 is 11.1 Å². The van der Waals surface area contributed by atoms with Gasteiger partial charge in [-0.25, -0.2) is 9.18 Å². The SMILES string of the molecule is CCC1CCCCC1Nc1cc(F)c(C(=O)O)cc1N. The van der Waals surface area contributed by atoms with Gasteiger partial charge in [-0.3, -0.25) is 0 Å². The summed E-state index contributed by atoms with van der Waals surface area (Å²) in [7, 11) is 0. The molecule has 1 aromatic carbocycles. The Morgan fingerprint density at radius 2 is 2.15 bits per heavy atom. The lowest BCUT2D eigenvalue weighted by atomic mass is 9.82. The van der Waals surface area contributed by atoms with Gasteiger partial charge in [-0.1, -0.05) is 26.2 Å². The van der Waals surface area contributed by atoms with Crippen molar-refractivity contribution in [2.24, 2.45) is 5.92 Å². The largest absolute Gasteiger partial charge is 0.478 e. The van der Waals surface area contributed by atoms with Crippen LogP contribution in [0, 0.1) is 11.7 Å². The van der Waals surface area contributed by atoms with Crippen molar-refractivity contribution < 1.29 is 14.3 Å². The molecule has 1 aromatic rings. The number of hydrogen-bond acceptors (Lipinski definition) is 3. The van der Waals surface area contributed by atoms with Crippen molar-refractivity contribution in [3.8, 4) is 0 Å². The van der Waals surface area contributed by atoms with Gasteiger partial charge in [0.2, 0.25) is 0 Å². The molecule has 5 heteroatoms.